The highest BCUT2D eigenvalue weighted by atomic mass is 16.5. The largest absolute Gasteiger partial charge is 0.468 e. The van der Waals surface area contributed by atoms with Gasteiger partial charge in [0.15, 0.2) is 11.2 Å². The highest BCUT2D eigenvalue weighted by Gasteiger charge is 2.22. The van der Waals surface area contributed by atoms with E-state index in [1.807, 2.05) is 60.0 Å². The van der Waals surface area contributed by atoms with Crippen LogP contribution in [0.15, 0.2) is 58.1 Å². The lowest BCUT2D eigenvalue weighted by Gasteiger charge is -2.12. The third-order valence-electron chi connectivity index (χ3n) is 6.90. The van der Waals surface area contributed by atoms with Gasteiger partial charge >= 0.3 is 11.7 Å². The molecule has 2 aromatic carbocycles. The minimum absolute atomic E-state index is 0.294. The fourth-order valence-electron chi connectivity index (χ4n) is 4.83. The van der Waals surface area contributed by atoms with Gasteiger partial charge in [-0.05, 0) is 35.2 Å². The minimum Gasteiger partial charge on any atom is -0.468 e. The maximum absolute atomic E-state index is 13.6. The Kier molecular flexibility index (Phi) is 7.67. The first kappa shape index (κ1) is 26.7. The molecule has 12 nitrogen and oxygen atoms in total. The van der Waals surface area contributed by atoms with Gasteiger partial charge in [-0.2, -0.15) is 5.21 Å². The molecule has 206 valence electrons. The first-order valence-corrected chi connectivity index (χ1v) is 13.2. The molecular weight excluding hydrogens is 512 g/mol. The predicted octanol–water partition coefficient (Wildman–Crippen LogP) is 2.79. The van der Waals surface area contributed by atoms with Crippen LogP contribution >= 0.6 is 0 Å². The summed E-state index contributed by atoms with van der Waals surface area (Å²) >= 11 is 0. The van der Waals surface area contributed by atoms with Gasteiger partial charge in [0.1, 0.15) is 12.4 Å². The van der Waals surface area contributed by atoms with Crippen molar-refractivity contribution in [3.8, 4) is 22.5 Å². The number of hydrogen-bond acceptors (Lipinski definition) is 8. The Morgan fingerprint density at radius 2 is 1.73 bits per heavy atom. The molecule has 0 amide bonds. The highest BCUT2D eigenvalue weighted by molar-refractivity contribution is 5.80. The Hall–Kier alpha value is -4.87. The molecule has 0 aliphatic rings. The number of methoxy groups -OCH3 is 1. The fraction of sp³-hybridized carbons (Fsp3) is 0.321. The Morgan fingerprint density at radius 3 is 2.38 bits per heavy atom. The molecule has 3 aromatic heterocycles. The van der Waals surface area contributed by atoms with Crippen LogP contribution in [0, 0.1) is 0 Å². The zero-order valence-corrected chi connectivity index (χ0v) is 22.6. The van der Waals surface area contributed by atoms with E-state index >= 15 is 0 Å². The summed E-state index contributed by atoms with van der Waals surface area (Å²) in [7, 11) is 1.22. The van der Waals surface area contributed by atoms with Gasteiger partial charge in [0, 0.05) is 25.1 Å². The molecule has 5 aromatic rings. The van der Waals surface area contributed by atoms with Crippen LogP contribution in [0.1, 0.15) is 38.1 Å². The van der Waals surface area contributed by atoms with Crippen LogP contribution in [0.4, 0.5) is 0 Å². The summed E-state index contributed by atoms with van der Waals surface area (Å²) in [6.07, 6.45) is 2.47. The van der Waals surface area contributed by atoms with E-state index in [-0.39, 0.29) is 0 Å². The zero-order valence-electron chi connectivity index (χ0n) is 22.6. The molecule has 0 aliphatic heterocycles. The second kappa shape index (κ2) is 11.5. The number of ether oxygens (including phenoxy) is 1. The van der Waals surface area contributed by atoms with E-state index in [1.54, 1.807) is 0 Å². The summed E-state index contributed by atoms with van der Waals surface area (Å²) in [4.78, 5) is 43.5. The number of aromatic nitrogens is 8. The molecule has 0 unspecified atom stereocenters. The number of unbranched alkanes of at least 4 members (excludes halogenated alkanes) is 1. The smallest absolute Gasteiger partial charge is 0.333 e. The second-order valence-corrected chi connectivity index (χ2v) is 9.36. The van der Waals surface area contributed by atoms with E-state index < -0.39 is 23.8 Å². The SMILES string of the molecule is CCCCc1nc2c(c(=O)n(CC(=O)OC)c(=O)n2CC)n1Cc1ccc(-c2ccccc2-c2nn[nH]n2)cc1. The summed E-state index contributed by atoms with van der Waals surface area (Å²) in [5.74, 6) is 0.559. The normalized spacial score (nSPS) is 11.3. The van der Waals surface area contributed by atoms with Crippen molar-refractivity contribution in [3.63, 3.8) is 0 Å². The Morgan fingerprint density at radius 1 is 0.975 bits per heavy atom. The summed E-state index contributed by atoms with van der Waals surface area (Å²) in [6.45, 7) is 4.11. The average Bonchev–Trinajstić information content (AvgIpc) is 3.64. The third-order valence-corrected chi connectivity index (χ3v) is 6.90. The lowest BCUT2D eigenvalue weighted by Crippen LogP contribution is -2.42. The van der Waals surface area contributed by atoms with Gasteiger partial charge in [0.05, 0.1) is 7.11 Å². The van der Waals surface area contributed by atoms with E-state index in [4.69, 9.17) is 9.72 Å². The lowest BCUT2D eigenvalue weighted by atomic mass is 9.98. The lowest BCUT2D eigenvalue weighted by molar-refractivity contribution is -0.141. The van der Waals surface area contributed by atoms with Gasteiger partial charge < -0.3 is 9.30 Å². The third kappa shape index (κ3) is 4.95. The second-order valence-electron chi connectivity index (χ2n) is 9.36. The van der Waals surface area contributed by atoms with E-state index in [0.717, 1.165) is 45.5 Å². The number of esters is 1. The molecule has 0 radical (unpaired) electrons. The van der Waals surface area contributed by atoms with Crippen molar-refractivity contribution >= 4 is 17.1 Å². The Balaban J connectivity index is 1.59. The van der Waals surface area contributed by atoms with Crippen molar-refractivity contribution in [2.45, 2.75) is 52.7 Å². The molecule has 1 N–H and O–H groups in total. The van der Waals surface area contributed by atoms with Gasteiger partial charge in [-0.25, -0.2) is 14.3 Å². The number of carbonyl (C=O) groups is 1. The van der Waals surface area contributed by atoms with Crippen LogP contribution in [-0.2, 0) is 35.6 Å². The van der Waals surface area contributed by atoms with Gasteiger partial charge in [0.25, 0.3) is 5.56 Å². The first-order chi connectivity index (χ1) is 19.5. The molecule has 0 aliphatic carbocycles. The molecule has 0 fully saturated rings. The number of H-pyrrole nitrogens is 1. The van der Waals surface area contributed by atoms with Crippen LogP contribution in [0.2, 0.25) is 0 Å². The van der Waals surface area contributed by atoms with Crippen LogP contribution < -0.4 is 11.2 Å². The maximum atomic E-state index is 13.6. The van der Waals surface area contributed by atoms with Crippen molar-refractivity contribution in [1.29, 1.82) is 0 Å². The number of imidazole rings is 1. The summed E-state index contributed by atoms with van der Waals surface area (Å²) in [5.41, 5.74) is 3.23. The van der Waals surface area contributed by atoms with Crippen molar-refractivity contribution in [2.75, 3.05) is 7.11 Å². The van der Waals surface area contributed by atoms with E-state index in [9.17, 15) is 14.4 Å². The molecule has 5 rings (SSSR count). The molecule has 0 bridgehead atoms. The molecule has 0 saturated carbocycles. The Labute approximate surface area is 229 Å². The van der Waals surface area contributed by atoms with Crippen LogP contribution in [0.3, 0.4) is 0 Å². The molecule has 0 atom stereocenters. The van der Waals surface area contributed by atoms with Crippen LogP contribution in [-0.4, -0.2) is 52.4 Å². The van der Waals surface area contributed by atoms with Gasteiger partial charge in [-0.15, -0.1) is 10.2 Å². The molecule has 12 heteroatoms. The maximum Gasteiger partial charge on any atom is 0.333 e. The van der Waals surface area contributed by atoms with E-state index in [2.05, 4.69) is 27.5 Å². The number of fused-ring (bicyclic) bond motifs is 1. The van der Waals surface area contributed by atoms with Crippen molar-refractivity contribution in [1.82, 2.24) is 39.3 Å². The zero-order chi connectivity index (χ0) is 28.2. The topological polar surface area (TPSA) is 143 Å². The van der Waals surface area contributed by atoms with Crippen molar-refractivity contribution in [3.05, 3.63) is 80.8 Å². The van der Waals surface area contributed by atoms with E-state index in [1.165, 1.54) is 11.7 Å². The first-order valence-electron chi connectivity index (χ1n) is 13.2. The predicted molar refractivity (Wildman–Crippen MR) is 149 cm³/mol. The van der Waals surface area contributed by atoms with E-state index in [0.29, 0.717) is 36.5 Å². The molecule has 0 spiro atoms. The molecule has 3 heterocycles. The number of aryl methyl sites for hydroxylation is 2. The molecule has 40 heavy (non-hydrogen) atoms. The number of tetrazole rings is 1. The monoisotopic (exact) mass is 542 g/mol. The minimum atomic E-state index is -0.671. The average molecular weight is 543 g/mol. The van der Waals surface area contributed by atoms with Crippen molar-refractivity contribution in [2.24, 2.45) is 0 Å². The number of carbonyl (C=O) groups excluding carboxylic acids is 1. The number of nitrogens with zero attached hydrogens (tertiary/aromatic N) is 7. The van der Waals surface area contributed by atoms with Crippen LogP contribution in [0.25, 0.3) is 33.7 Å². The number of rotatable bonds is 10. The Bertz CT molecular complexity index is 1770. The standard InChI is InChI=1S/C28H30N8O4/c1-4-6-11-22-29-26-24(27(38)36(17-23(37)40-3)28(39)34(26)5-2)35(22)16-18-12-14-19(15-13-18)20-9-7-8-10-21(20)25-30-32-33-31-25/h7-10,12-15H,4-6,11,16-17H2,1-3H3,(H,30,31,32,33). The highest BCUT2D eigenvalue weighted by Crippen LogP contribution is 2.30. The van der Waals surface area contributed by atoms with Crippen molar-refractivity contribution < 1.29 is 9.53 Å². The summed E-state index contributed by atoms with van der Waals surface area (Å²) in [6, 6.07) is 15.8. The number of benzene rings is 2. The van der Waals surface area contributed by atoms with Gasteiger partial charge in [-0.3, -0.25) is 14.2 Å². The summed E-state index contributed by atoms with van der Waals surface area (Å²) < 4.78 is 8.96. The fourth-order valence-corrected chi connectivity index (χ4v) is 4.83. The quantitative estimate of drug-likeness (QED) is 0.266. The molecule has 0 saturated heterocycles. The molecular formula is C28H30N8O4. The van der Waals surface area contributed by atoms with Gasteiger partial charge in [-0.1, -0.05) is 61.9 Å². The number of aromatic amines is 1. The van der Waals surface area contributed by atoms with Crippen LogP contribution in [0.5, 0.6) is 0 Å². The van der Waals surface area contributed by atoms with Gasteiger partial charge in [0.2, 0.25) is 5.82 Å². The number of hydrogen-bond donors (Lipinski definition) is 1. The number of nitrogens with one attached hydrogen (secondary N) is 1. The summed E-state index contributed by atoms with van der Waals surface area (Å²) in [5, 5.41) is 14.4.